The van der Waals surface area contributed by atoms with Crippen molar-refractivity contribution in [3.63, 3.8) is 0 Å². The Morgan fingerprint density at radius 3 is 2.62 bits per heavy atom. The second kappa shape index (κ2) is 5.92. The molecule has 3 nitrogen and oxygen atoms in total. The van der Waals surface area contributed by atoms with Crippen LogP contribution in [-0.2, 0) is 6.42 Å². The molecule has 1 aliphatic rings. The topological polar surface area (TPSA) is 44.5 Å². The summed E-state index contributed by atoms with van der Waals surface area (Å²) in [5.41, 5.74) is 7.60. The Morgan fingerprint density at radius 2 is 1.86 bits per heavy atom. The van der Waals surface area contributed by atoms with Crippen LogP contribution in [0.1, 0.15) is 17.2 Å². The molecule has 0 aliphatic carbocycles. The third-order valence-corrected chi connectivity index (χ3v) is 3.68. The van der Waals surface area contributed by atoms with Crippen molar-refractivity contribution in [1.29, 1.82) is 0 Å². The van der Waals surface area contributed by atoms with Gasteiger partial charge in [-0.05, 0) is 41.8 Å². The fourth-order valence-corrected chi connectivity index (χ4v) is 2.49. The van der Waals surface area contributed by atoms with Gasteiger partial charge in [0.1, 0.15) is 19.0 Å². The van der Waals surface area contributed by atoms with Crippen molar-refractivity contribution in [2.24, 2.45) is 5.73 Å². The van der Waals surface area contributed by atoms with E-state index < -0.39 is 0 Å². The molecule has 21 heavy (non-hydrogen) atoms. The minimum atomic E-state index is -0.338. The Morgan fingerprint density at radius 1 is 1.10 bits per heavy atom. The van der Waals surface area contributed by atoms with E-state index in [-0.39, 0.29) is 11.9 Å². The van der Waals surface area contributed by atoms with Crippen LogP contribution in [0.25, 0.3) is 0 Å². The fourth-order valence-electron chi connectivity index (χ4n) is 2.33. The fraction of sp³-hybridized carbons (Fsp3) is 0.250. The Hall–Kier alpha value is -1.78. The average molecular weight is 308 g/mol. The molecule has 3 rings (SSSR count). The molecule has 0 fully saturated rings. The number of halogens is 2. The summed E-state index contributed by atoms with van der Waals surface area (Å²) in [4.78, 5) is 0. The van der Waals surface area contributed by atoms with E-state index in [1.54, 1.807) is 12.1 Å². The van der Waals surface area contributed by atoms with Crippen molar-refractivity contribution in [2.75, 3.05) is 13.2 Å². The molecule has 2 aromatic rings. The largest absolute Gasteiger partial charge is 0.486 e. The molecule has 5 heteroatoms. The monoisotopic (exact) mass is 307 g/mol. The highest BCUT2D eigenvalue weighted by molar-refractivity contribution is 6.30. The lowest BCUT2D eigenvalue weighted by molar-refractivity contribution is 0.171. The van der Waals surface area contributed by atoms with Crippen LogP contribution in [0, 0.1) is 5.82 Å². The number of hydrogen-bond acceptors (Lipinski definition) is 3. The van der Waals surface area contributed by atoms with Crippen LogP contribution in [0.15, 0.2) is 36.4 Å². The molecule has 2 aromatic carbocycles. The predicted octanol–water partition coefficient (Wildman–Crippen LogP) is 3.49. The van der Waals surface area contributed by atoms with Gasteiger partial charge in [-0.2, -0.15) is 0 Å². The van der Waals surface area contributed by atoms with Crippen LogP contribution in [0.2, 0.25) is 5.02 Å². The smallest absolute Gasteiger partial charge is 0.161 e. The summed E-state index contributed by atoms with van der Waals surface area (Å²) in [6.07, 6.45) is 0.392. The van der Waals surface area contributed by atoms with E-state index in [4.69, 9.17) is 26.8 Å². The average Bonchev–Trinajstić information content (AvgIpc) is 2.49. The summed E-state index contributed by atoms with van der Waals surface area (Å²) in [6, 6.07) is 9.87. The lowest BCUT2D eigenvalue weighted by Crippen LogP contribution is -2.18. The first-order valence-electron chi connectivity index (χ1n) is 6.72. The standard InChI is InChI=1S/C16H15ClFNO2/c17-12-3-1-10(13(18)9-12)7-14(19)11-2-4-15-16(8-11)21-6-5-20-15/h1-4,8-9,14H,5-7,19H2. The van der Waals surface area contributed by atoms with Crippen molar-refractivity contribution in [3.05, 3.63) is 58.4 Å². The summed E-state index contributed by atoms with van der Waals surface area (Å²) >= 11 is 5.75. The predicted molar refractivity (Wildman–Crippen MR) is 79.5 cm³/mol. The molecule has 2 N–H and O–H groups in total. The number of fused-ring (bicyclic) bond motifs is 1. The molecular formula is C16H15ClFNO2. The van der Waals surface area contributed by atoms with Crippen LogP contribution >= 0.6 is 11.6 Å². The van der Waals surface area contributed by atoms with Gasteiger partial charge in [-0.25, -0.2) is 4.39 Å². The molecule has 0 spiro atoms. The van der Waals surface area contributed by atoms with Crippen molar-refractivity contribution in [1.82, 2.24) is 0 Å². The van der Waals surface area contributed by atoms with E-state index in [0.29, 0.717) is 36.0 Å². The first-order chi connectivity index (χ1) is 10.1. The van der Waals surface area contributed by atoms with Crippen LogP contribution in [0.4, 0.5) is 4.39 Å². The molecule has 1 atom stereocenters. The first-order valence-corrected chi connectivity index (χ1v) is 7.10. The molecule has 0 aromatic heterocycles. The molecule has 1 aliphatic heterocycles. The first kappa shape index (κ1) is 14.2. The minimum Gasteiger partial charge on any atom is -0.486 e. The number of rotatable bonds is 3. The van der Waals surface area contributed by atoms with Crippen LogP contribution in [-0.4, -0.2) is 13.2 Å². The van der Waals surface area contributed by atoms with E-state index in [1.807, 2.05) is 18.2 Å². The summed E-state index contributed by atoms with van der Waals surface area (Å²) < 4.78 is 24.8. The third kappa shape index (κ3) is 3.12. The highest BCUT2D eigenvalue weighted by atomic mass is 35.5. The van der Waals surface area contributed by atoms with Gasteiger partial charge in [0.2, 0.25) is 0 Å². The Bertz CT molecular complexity index is 663. The Balaban J connectivity index is 1.80. The molecule has 0 saturated heterocycles. The number of benzene rings is 2. The molecular weight excluding hydrogens is 293 g/mol. The van der Waals surface area contributed by atoms with Crippen molar-refractivity contribution in [2.45, 2.75) is 12.5 Å². The number of nitrogens with two attached hydrogens (primary N) is 1. The summed E-state index contributed by atoms with van der Waals surface area (Å²) in [5.74, 6) is 1.07. The van der Waals surface area contributed by atoms with Gasteiger partial charge < -0.3 is 15.2 Å². The third-order valence-electron chi connectivity index (χ3n) is 3.45. The van der Waals surface area contributed by atoms with Gasteiger partial charge in [0.25, 0.3) is 0 Å². The summed E-state index contributed by atoms with van der Waals surface area (Å²) in [6.45, 7) is 1.08. The number of ether oxygens (including phenoxy) is 2. The SMILES string of the molecule is NC(Cc1ccc(Cl)cc1F)c1ccc2c(c1)OCCO2. The second-order valence-electron chi connectivity index (χ2n) is 4.95. The molecule has 0 saturated carbocycles. The maximum Gasteiger partial charge on any atom is 0.161 e. The van der Waals surface area contributed by atoms with Crippen LogP contribution in [0.5, 0.6) is 11.5 Å². The lowest BCUT2D eigenvalue weighted by Gasteiger charge is -2.20. The molecule has 1 heterocycles. The van der Waals surface area contributed by atoms with E-state index in [2.05, 4.69) is 0 Å². The van der Waals surface area contributed by atoms with Gasteiger partial charge >= 0.3 is 0 Å². The Kier molecular flexibility index (Phi) is 3.99. The maximum absolute atomic E-state index is 13.8. The normalized spacial score (nSPS) is 14.8. The zero-order valence-corrected chi connectivity index (χ0v) is 12.1. The van der Waals surface area contributed by atoms with E-state index in [0.717, 1.165) is 11.3 Å². The molecule has 1 unspecified atom stereocenters. The van der Waals surface area contributed by atoms with Crippen LogP contribution in [0.3, 0.4) is 0 Å². The van der Waals surface area contributed by atoms with Crippen molar-refractivity contribution in [3.8, 4) is 11.5 Å². The minimum absolute atomic E-state index is 0.323. The van der Waals surface area contributed by atoms with Gasteiger partial charge in [-0.3, -0.25) is 0 Å². The quantitative estimate of drug-likeness (QED) is 0.944. The zero-order valence-electron chi connectivity index (χ0n) is 11.3. The van der Waals surface area contributed by atoms with Gasteiger partial charge in [0.15, 0.2) is 11.5 Å². The van der Waals surface area contributed by atoms with Gasteiger partial charge in [-0.15, -0.1) is 0 Å². The zero-order chi connectivity index (χ0) is 14.8. The summed E-state index contributed by atoms with van der Waals surface area (Å²) in [7, 11) is 0. The lowest BCUT2D eigenvalue weighted by atomic mass is 9.99. The maximum atomic E-state index is 13.8. The van der Waals surface area contributed by atoms with Gasteiger partial charge in [0.05, 0.1) is 0 Å². The van der Waals surface area contributed by atoms with E-state index in [1.165, 1.54) is 6.07 Å². The highest BCUT2D eigenvalue weighted by Crippen LogP contribution is 2.33. The Labute approximate surface area is 127 Å². The van der Waals surface area contributed by atoms with E-state index >= 15 is 0 Å². The second-order valence-corrected chi connectivity index (χ2v) is 5.39. The molecule has 0 radical (unpaired) electrons. The van der Waals surface area contributed by atoms with Crippen LogP contribution < -0.4 is 15.2 Å². The molecule has 110 valence electrons. The number of hydrogen-bond donors (Lipinski definition) is 1. The van der Waals surface area contributed by atoms with Crippen molar-refractivity contribution >= 4 is 11.6 Å². The summed E-state index contributed by atoms with van der Waals surface area (Å²) in [5, 5.41) is 0.379. The van der Waals surface area contributed by atoms with E-state index in [9.17, 15) is 4.39 Å². The highest BCUT2D eigenvalue weighted by Gasteiger charge is 2.16. The molecule has 0 bridgehead atoms. The molecule has 0 amide bonds. The van der Waals surface area contributed by atoms with Gasteiger partial charge in [0, 0.05) is 11.1 Å². The van der Waals surface area contributed by atoms with Crippen molar-refractivity contribution < 1.29 is 13.9 Å². The van der Waals surface area contributed by atoms with Gasteiger partial charge in [-0.1, -0.05) is 23.7 Å².